The maximum Gasteiger partial charge on any atom is 0.407 e. The Morgan fingerprint density at radius 3 is 2.08 bits per heavy atom. The van der Waals surface area contributed by atoms with Gasteiger partial charge < -0.3 is 25.2 Å². The standard InChI is InChI=1S/C30H30N2O6/c1-19(37-17-20-9-3-2-4-10-20)26(27(33)32-30(15-16-30)28(34)35)31-29(36)38-18-25-23-13-7-5-11-21(23)22-12-6-8-14-24(22)25/h2-14,19,25-26H,15-18H2,1H3,(H,31,36)(H,32,33)(H,34,35)/t19-,26+/m0/s1. The number of benzene rings is 3. The van der Waals surface area contributed by atoms with Gasteiger partial charge >= 0.3 is 12.1 Å². The summed E-state index contributed by atoms with van der Waals surface area (Å²) in [6.45, 7) is 1.98. The largest absolute Gasteiger partial charge is 0.480 e. The Morgan fingerprint density at radius 1 is 0.921 bits per heavy atom. The fourth-order valence-corrected chi connectivity index (χ4v) is 4.89. The molecule has 2 aliphatic carbocycles. The minimum Gasteiger partial charge on any atom is -0.480 e. The number of carbonyl (C=O) groups is 3. The summed E-state index contributed by atoms with van der Waals surface area (Å²) in [6, 6.07) is 24.3. The molecule has 8 heteroatoms. The molecule has 3 aromatic rings. The number of carboxylic acid groups (broad SMARTS) is 1. The van der Waals surface area contributed by atoms with E-state index in [2.05, 4.69) is 22.8 Å². The van der Waals surface area contributed by atoms with Crippen LogP contribution >= 0.6 is 0 Å². The molecular weight excluding hydrogens is 484 g/mol. The molecule has 2 amide bonds. The summed E-state index contributed by atoms with van der Waals surface area (Å²) in [6.07, 6.45) is -0.849. The van der Waals surface area contributed by atoms with Crippen LogP contribution in [-0.4, -0.2) is 47.4 Å². The number of aliphatic carboxylic acids is 1. The van der Waals surface area contributed by atoms with Crippen molar-refractivity contribution in [1.29, 1.82) is 0 Å². The second kappa shape index (κ2) is 10.7. The van der Waals surface area contributed by atoms with Gasteiger partial charge in [-0.1, -0.05) is 78.9 Å². The third-order valence-electron chi connectivity index (χ3n) is 7.25. The number of hydrogen-bond donors (Lipinski definition) is 3. The predicted octanol–water partition coefficient (Wildman–Crippen LogP) is 4.23. The van der Waals surface area contributed by atoms with Crippen LogP contribution in [0.5, 0.6) is 0 Å². The fraction of sp³-hybridized carbons (Fsp3) is 0.300. The van der Waals surface area contributed by atoms with Gasteiger partial charge in [-0.2, -0.15) is 0 Å². The minimum absolute atomic E-state index is 0.0898. The first-order valence-corrected chi connectivity index (χ1v) is 12.7. The molecule has 0 aliphatic heterocycles. The molecule has 3 N–H and O–H groups in total. The average Bonchev–Trinajstić information content (AvgIpc) is 3.65. The first kappa shape index (κ1) is 25.5. The van der Waals surface area contributed by atoms with E-state index >= 15 is 0 Å². The molecule has 0 aromatic heterocycles. The highest BCUT2D eigenvalue weighted by Gasteiger charge is 2.52. The van der Waals surface area contributed by atoms with E-state index in [4.69, 9.17) is 9.47 Å². The number of alkyl carbamates (subject to hydrolysis) is 1. The topological polar surface area (TPSA) is 114 Å². The zero-order valence-electron chi connectivity index (χ0n) is 21.1. The minimum atomic E-state index is -1.29. The molecular formula is C30H30N2O6. The Kier molecular flexibility index (Phi) is 7.15. The van der Waals surface area contributed by atoms with Crippen LogP contribution in [-0.2, 0) is 25.7 Å². The molecule has 0 heterocycles. The van der Waals surface area contributed by atoms with Crippen molar-refractivity contribution in [3.63, 3.8) is 0 Å². The van der Waals surface area contributed by atoms with Crippen molar-refractivity contribution < 1.29 is 29.0 Å². The molecule has 0 saturated heterocycles. The summed E-state index contributed by atoms with van der Waals surface area (Å²) in [4.78, 5) is 37.7. The molecule has 196 valence electrons. The zero-order valence-corrected chi connectivity index (χ0v) is 21.1. The average molecular weight is 515 g/mol. The van der Waals surface area contributed by atoms with Crippen molar-refractivity contribution in [3.8, 4) is 11.1 Å². The SMILES string of the molecule is C[C@H](OCc1ccccc1)[C@@H](NC(=O)OCC1c2ccccc2-c2ccccc21)C(=O)NC1(C(=O)O)CC1. The number of ether oxygens (including phenoxy) is 2. The molecule has 5 rings (SSSR count). The van der Waals surface area contributed by atoms with E-state index in [1.165, 1.54) is 0 Å². The normalized spacial score (nSPS) is 16.4. The number of fused-ring (bicyclic) bond motifs is 3. The molecule has 0 bridgehead atoms. The third kappa shape index (κ3) is 5.26. The predicted molar refractivity (Wildman–Crippen MR) is 140 cm³/mol. The maximum atomic E-state index is 13.2. The van der Waals surface area contributed by atoms with Crippen molar-refractivity contribution in [2.24, 2.45) is 0 Å². The van der Waals surface area contributed by atoms with Crippen LogP contribution in [0.4, 0.5) is 4.79 Å². The Hall–Kier alpha value is -4.17. The highest BCUT2D eigenvalue weighted by atomic mass is 16.5. The van der Waals surface area contributed by atoms with E-state index in [-0.39, 0.29) is 19.1 Å². The molecule has 38 heavy (non-hydrogen) atoms. The smallest absolute Gasteiger partial charge is 0.407 e. The summed E-state index contributed by atoms with van der Waals surface area (Å²) in [5.41, 5.74) is 3.99. The highest BCUT2D eigenvalue weighted by Crippen LogP contribution is 2.44. The van der Waals surface area contributed by atoms with Gasteiger partial charge in [-0.05, 0) is 47.6 Å². The van der Waals surface area contributed by atoms with E-state index in [0.29, 0.717) is 12.8 Å². The molecule has 1 saturated carbocycles. The molecule has 0 unspecified atom stereocenters. The summed E-state index contributed by atoms with van der Waals surface area (Å²) >= 11 is 0. The number of amides is 2. The first-order chi connectivity index (χ1) is 18.4. The first-order valence-electron chi connectivity index (χ1n) is 12.7. The Balaban J connectivity index is 1.27. The van der Waals surface area contributed by atoms with Crippen LogP contribution in [0.2, 0.25) is 0 Å². The summed E-state index contributed by atoms with van der Waals surface area (Å²) in [5, 5.41) is 14.7. The van der Waals surface area contributed by atoms with Crippen LogP contribution in [0.3, 0.4) is 0 Å². The van der Waals surface area contributed by atoms with Gasteiger partial charge in [-0.25, -0.2) is 9.59 Å². The molecule has 2 atom stereocenters. The lowest BCUT2D eigenvalue weighted by Gasteiger charge is -2.26. The summed E-state index contributed by atoms with van der Waals surface area (Å²) in [5.74, 6) is -1.85. The van der Waals surface area contributed by atoms with Crippen LogP contribution in [0, 0.1) is 0 Å². The van der Waals surface area contributed by atoms with Gasteiger partial charge in [-0.3, -0.25) is 4.79 Å². The van der Waals surface area contributed by atoms with Gasteiger partial charge in [0.15, 0.2) is 0 Å². The van der Waals surface area contributed by atoms with Gasteiger partial charge in [0.2, 0.25) is 5.91 Å². The van der Waals surface area contributed by atoms with Crippen LogP contribution < -0.4 is 10.6 Å². The molecule has 0 radical (unpaired) electrons. The Labute approximate surface area is 221 Å². The lowest BCUT2D eigenvalue weighted by atomic mass is 9.98. The number of nitrogens with one attached hydrogen (secondary N) is 2. The molecule has 8 nitrogen and oxygen atoms in total. The van der Waals surface area contributed by atoms with Gasteiger partial charge in [0.05, 0.1) is 12.7 Å². The number of carboxylic acids is 1. The van der Waals surface area contributed by atoms with E-state index in [1.807, 2.05) is 66.7 Å². The van der Waals surface area contributed by atoms with Crippen molar-refractivity contribution in [2.45, 2.75) is 50.0 Å². The monoisotopic (exact) mass is 514 g/mol. The van der Waals surface area contributed by atoms with Gasteiger partial charge in [0.25, 0.3) is 0 Å². The third-order valence-corrected chi connectivity index (χ3v) is 7.25. The second-order valence-electron chi connectivity index (χ2n) is 9.83. The lowest BCUT2D eigenvalue weighted by Crippen LogP contribution is -2.57. The lowest BCUT2D eigenvalue weighted by molar-refractivity contribution is -0.144. The van der Waals surface area contributed by atoms with E-state index in [9.17, 15) is 19.5 Å². The van der Waals surface area contributed by atoms with Gasteiger partial charge in [0, 0.05) is 5.92 Å². The van der Waals surface area contributed by atoms with E-state index < -0.39 is 35.7 Å². The quantitative estimate of drug-likeness (QED) is 0.373. The maximum absolute atomic E-state index is 13.2. The van der Waals surface area contributed by atoms with Crippen LogP contribution in [0.1, 0.15) is 42.4 Å². The van der Waals surface area contributed by atoms with Crippen molar-refractivity contribution in [1.82, 2.24) is 10.6 Å². The van der Waals surface area contributed by atoms with Crippen LogP contribution in [0.25, 0.3) is 11.1 Å². The van der Waals surface area contributed by atoms with Crippen LogP contribution in [0.15, 0.2) is 78.9 Å². The number of rotatable bonds is 10. The van der Waals surface area contributed by atoms with E-state index in [0.717, 1.165) is 27.8 Å². The molecule has 1 fully saturated rings. The zero-order chi connectivity index (χ0) is 26.7. The van der Waals surface area contributed by atoms with Crippen molar-refractivity contribution in [3.05, 3.63) is 95.6 Å². The Morgan fingerprint density at radius 2 is 1.50 bits per heavy atom. The number of hydrogen-bond acceptors (Lipinski definition) is 5. The molecule has 0 spiro atoms. The number of carbonyl (C=O) groups excluding carboxylic acids is 2. The highest BCUT2D eigenvalue weighted by molar-refractivity contribution is 5.93. The van der Waals surface area contributed by atoms with Gasteiger partial charge in [-0.15, -0.1) is 0 Å². The van der Waals surface area contributed by atoms with Crippen molar-refractivity contribution >= 4 is 18.0 Å². The second-order valence-corrected chi connectivity index (χ2v) is 9.83. The van der Waals surface area contributed by atoms with Crippen molar-refractivity contribution in [2.75, 3.05) is 6.61 Å². The fourth-order valence-electron chi connectivity index (χ4n) is 4.89. The van der Waals surface area contributed by atoms with Gasteiger partial charge in [0.1, 0.15) is 18.2 Å². The van der Waals surface area contributed by atoms with E-state index in [1.54, 1.807) is 6.92 Å². The summed E-state index contributed by atoms with van der Waals surface area (Å²) in [7, 11) is 0. The summed E-state index contributed by atoms with van der Waals surface area (Å²) < 4.78 is 11.5. The Bertz CT molecular complexity index is 1290. The molecule has 3 aromatic carbocycles. The molecule has 2 aliphatic rings.